The molecule has 0 saturated heterocycles. The maximum absolute atomic E-state index is 9.66. The topological polar surface area (TPSA) is 65.3 Å². The van der Waals surface area contributed by atoms with Gasteiger partial charge in [-0.15, -0.1) is 0 Å². The van der Waals surface area contributed by atoms with Gasteiger partial charge in [0, 0.05) is 11.6 Å². The van der Waals surface area contributed by atoms with Crippen LogP contribution in [0.3, 0.4) is 0 Å². The highest BCUT2D eigenvalue weighted by Crippen LogP contribution is 2.27. The molecule has 0 saturated carbocycles. The van der Waals surface area contributed by atoms with Crippen LogP contribution in [-0.2, 0) is 6.54 Å². The molecule has 4 nitrogen and oxygen atoms in total. The maximum atomic E-state index is 9.66. The smallest absolute Gasteiger partial charge is 0.161 e. The standard InChI is InChI=1S/C16H15ClN2O2/c1-2-21-16-7-11(3-6-15(16)20)10-19-14-8-13(17)5-4-12(14)9-18/h3-8,19-20H,2,10H2,1H3. The normalized spacial score (nSPS) is 9.95. The zero-order valence-corrected chi connectivity index (χ0v) is 12.3. The van der Waals surface area contributed by atoms with E-state index >= 15 is 0 Å². The minimum absolute atomic E-state index is 0.112. The van der Waals surface area contributed by atoms with E-state index in [1.54, 1.807) is 36.4 Å². The Morgan fingerprint density at radius 2 is 2.10 bits per heavy atom. The molecule has 2 aromatic rings. The average molecular weight is 303 g/mol. The lowest BCUT2D eigenvalue weighted by molar-refractivity contribution is 0.318. The van der Waals surface area contributed by atoms with Crippen molar-refractivity contribution in [3.8, 4) is 17.6 Å². The number of benzene rings is 2. The van der Waals surface area contributed by atoms with E-state index in [2.05, 4.69) is 11.4 Å². The van der Waals surface area contributed by atoms with E-state index in [9.17, 15) is 5.11 Å². The summed E-state index contributed by atoms with van der Waals surface area (Å²) < 4.78 is 5.34. The first-order valence-electron chi connectivity index (χ1n) is 6.52. The van der Waals surface area contributed by atoms with Gasteiger partial charge in [-0.1, -0.05) is 17.7 Å². The van der Waals surface area contributed by atoms with Gasteiger partial charge in [0.25, 0.3) is 0 Å². The predicted octanol–water partition coefficient (Wildman–Crippen LogP) is 3.93. The van der Waals surface area contributed by atoms with Gasteiger partial charge in [0.05, 0.1) is 17.9 Å². The van der Waals surface area contributed by atoms with Crippen molar-refractivity contribution in [3.05, 3.63) is 52.5 Å². The van der Waals surface area contributed by atoms with Crippen LogP contribution < -0.4 is 10.1 Å². The highest BCUT2D eigenvalue weighted by atomic mass is 35.5. The zero-order chi connectivity index (χ0) is 15.2. The van der Waals surface area contributed by atoms with Crippen LogP contribution in [0.1, 0.15) is 18.1 Å². The number of phenolic OH excluding ortho intramolecular Hbond substituents is 1. The summed E-state index contributed by atoms with van der Waals surface area (Å²) in [5.74, 6) is 0.560. The summed E-state index contributed by atoms with van der Waals surface area (Å²) in [5.41, 5.74) is 2.14. The van der Waals surface area contributed by atoms with Crippen molar-refractivity contribution in [2.24, 2.45) is 0 Å². The molecule has 2 rings (SSSR count). The molecule has 108 valence electrons. The molecular weight excluding hydrogens is 288 g/mol. The van der Waals surface area contributed by atoms with Gasteiger partial charge in [-0.3, -0.25) is 0 Å². The quantitative estimate of drug-likeness (QED) is 0.878. The van der Waals surface area contributed by atoms with Gasteiger partial charge in [0.2, 0.25) is 0 Å². The van der Waals surface area contributed by atoms with Gasteiger partial charge in [0.1, 0.15) is 6.07 Å². The lowest BCUT2D eigenvalue weighted by Gasteiger charge is -2.11. The van der Waals surface area contributed by atoms with E-state index in [0.29, 0.717) is 35.2 Å². The fraction of sp³-hybridized carbons (Fsp3) is 0.188. The number of nitrogens with one attached hydrogen (secondary N) is 1. The number of nitriles is 1. The van der Waals surface area contributed by atoms with Gasteiger partial charge in [0.15, 0.2) is 11.5 Å². The monoisotopic (exact) mass is 302 g/mol. The first kappa shape index (κ1) is 15.0. The Morgan fingerprint density at radius 1 is 1.29 bits per heavy atom. The summed E-state index contributed by atoms with van der Waals surface area (Å²) in [6.45, 7) is 2.84. The first-order chi connectivity index (χ1) is 10.1. The molecule has 0 heterocycles. The second-order valence-electron chi connectivity index (χ2n) is 4.39. The van der Waals surface area contributed by atoms with Crippen LogP contribution in [0.25, 0.3) is 0 Å². The van der Waals surface area contributed by atoms with Crippen LogP contribution in [0.2, 0.25) is 5.02 Å². The number of nitrogens with zero attached hydrogens (tertiary/aromatic N) is 1. The molecule has 2 N–H and O–H groups in total. The zero-order valence-electron chi connectivity index (χ0n) is 11.6. The fourth-order valence-electron chi connectivity index (χ4n) is 1.90. The van der Waals surface area contributed by atoms with Crippen LogP contribution in [0.15, 0.2) is 36.4 Å². The van der Waals surface area contributed by atoms with Crippen molar-refractivity contribution >= 4 is 17.3 Å². The van der Waals surface area contributed by atoms with Crippen LogP contribution >= 0.6 is 11.6 Å². The molecule has 5 heteroatoms. The molecule has 0 aliphatic carbocycles. The summed E-state index contributed by atoms with van der Waals surface area (Å²) in [5, 5.41) is 22.5. The van der Waals surface area contributed by atoms with Crippen molar-refractivity contribution in [1.29, 1.82) is 5.26 Å². The maximum Gasteiger partial charge on any atom is 0.161 e. The Kier molecular flexibility index (Phi) is 4.91. The minimum Gasteiger partial charge on any atom is -0.504 e. The molecule has 0 amide bonds. The molecule has 0 fully saturated rings. The van der Waals surface area contributed by atoms with E-state index in [0.717, 1.165) is 5.56 Å². The molecule has 0 radical (unpaired) electrons. The summed E-state index contributed by atoms with van der Waals surface area (Å²) in [7, 11) is 0. The molecule has 0 unspecified atom stereocenters. The minimum atomic E-state index is 0.112. The number of hydrogen-bond acceptors (Lipinski definition) is 4. The van der Waals surface area contributed by atoms with E-state index in [1.807, 2.05) is 6.92 Å². The van der Waals surface area contributed by atoms with Crippen LogP contribution in [0.5, 0.6) is 11.5 Å². The van der Waals surface area contributed by atoms with Crippen molar-refractivity contribution in [2.45, 2.75) is 13.5 Å². The van der Waals surface area contributed by atoms with Crippen LogP contribution in [-0.4, -0.2) is 11.7 Å². The molecule has 0 spiro atoms. The van der Waals surface area contributed by atoms with Gasteiger partial charge < -0.3 is 15.2 Å². The molecule has 2 aromatic carbocycles. The first-order valence-corrected chi connectivity index (χ1v) is 6.90. The van der Waals surface area contributed by atoms with Crippen LogP contribution in [0, 0.1) is 11.3 Å². The van der Waals surface area contributed by atoms with E-state index in [1.165, 1.54) is 0 Å². The Balaban J connectivity index is 2.15. The number of ether oxygens (including phenoxy) is 1. The lowest BCUT2D eigenvalue weighted by Crippen LogP contribution is -2.02. The third-order valence-electron chi connectivity index (χ3n) is 2.91. The summed E-state index contributed by atoms with van der Waals surface area (Å²) in [6.07, 6.45) is 0. The van der Waals surface area contributed by atoms with E-state index in [4.69, 9.17) is 21.6 Å². The van der Waals surface area contributed by atoms with Crippen molar-refractivity contribution in [3.63, 3.8) is 0 Å². The third kappa shape index (κ3) is 3.80. The summed E-state index contributed by atoms with van der Waals surface area (Å²) in [4.78, 5) is 0. The summed E-state index contributed by atoms with van der Waals surface area (Å²) >= 11 is 5.94. The molecule has 0 aliphatic rings. The van der Waals surface area contributed by atoms with Crippen molar-refractivity contribution < 1.29 is 9.84 Å². The fourth-order valence-corrected chi connectivity index (χ4v) is 2.07. The van der Waals surface area contributed by atoms with Gasteiger partial charge >= 0.3 is 0 Å². The van der Waals surface area contributed by atoms with Gasteiger partial charge in [-0.05, 0) is 42.8 Å². The molecule has 21 heavy (non-hydrogen) atoms. The van der Waals surface area contributed by atoms with Crippen LogP contribution in [0.4, 0.5) is 5.69 Å². The number of anilines is 1. The van der Waals surface area contributed by atoms with Gasteiger partial charge in [-0.2, -0.15) is 5.26 Å². The lowest BCUT2D eigenvalue weighted by atomic mass is 10.1. The highest BCUT2D eigenvalue weighted by Gasteiger charge is 2.06. The second-order valence-corrected chi connectivity index (χ2v) is 4.83. The summed E-state index contributed by atoms with van der Waals surface area (Å²) in [6, 6.07) is 12.3. The Labute approximate surface area is 128 Å². The highest BCUT2D eigenvalue weighted by molar-refractivity contribution is 6.30. The van der Waals surface area contributed by atoms with Crippen molar-refractivity contribution in [1.82, 2.24) is 0 Å². The molecule has 0 bridgehead atoms. The van der Waals surface area contributed by atoms with E-state index < -0.39 is 0 Å². The molecule has 0 aliphatic heterocycles. The molecular formula is C16H15ClN2O2. The Bertz CT molecular complexity index is 680. The SMILES string of the molecule is CCOc1cc(CNc2cc(Cl)ccc2C#N)ccc1O. The Hall–Kier alpha value is -2.38. The van der Waals surface area contributed by atoms with Gasteiger partial charge in [-0.25, -0.2) is 0 Å². The largest absolute Gasteiger partial charge is 0.504 e. The number of hydrogen-bond donors (Lipinski definition) is 2. The number of rotatable bonds is 5. The Morgan fingerprint density at radius 3 is 2.81 bits per heavy atom. The third-order valence-corrected chi connectivity index (χ3v) is 3.14. The predicted molar refractivity (Wildman–Crippen MR) is 82.8 cm³/mol. The second kappa shape index (κ2) is 6.87. The van der Waals surface area contributed by atoms with E-state index in [-0.39, 0.29) is 5.75 Å². The molecule has 0 atom stereocenters. The molecule has 0 aromatic heterocycles. The number of halogens is 1. The average Bonchev–Trinajstić information content (AvgIpc) is 2.48. The number of aromatic hydroxyl groups is 1. The van der Waals surface area contributed by atoms with Crippen molar-refractivity contribution in [2.75, 3.05) is 11.9 Å². The number of phenols is 1.